The van der Waals surface area contributed by atoms with Crippen LogP contribution in [0.5, 0.6) is 0 Å². The molecule has 24 heavy (non-hydrogen) atoms. The predicted octanol–water partition coefficient (Wildman–Crippen LogP) is 3.31. The van der Waals surface area contributed by atoms with Crippen molar-refractivity contribution in [1.82, 2.24) is 20.5 Å². The monoisotopic (exact) mass is 340 g/mol. The number of carbonyl (C=O) groups is 1. The van der Waals surface area contributed by atoms with Gasteiger partial charge in [0, 0.05) is 11.5 Å². The van der Waals surface area contributed by atoms with Gasteiger partial charge in [-0.3, -0.25) is 4.79 Å². The molecule has 0 radical (unpaired) electrons. The number of hydrogen-bond acceptors (Lipinski definition) is 6. The van der Waals surface area contributed by atoms with Crippen LogP contribution in [0.3, 0.4) is 0 Å². The van der Waals surface area contributed by atoms with Crippen LogP contribution in [-0.4, -0.2) is 21.1 Å². The molecule has 4 rings (SSSR count). The molecule has 0 atom stereocenters. The average Bonchev–Trinajstić information content (AvgIpc) is 3.22. The highest BCUT2D eigenvalue weighted by atomic mass is 32.1. The van der Waals surface area contributed by atoms with E-state index in [1.807, 2.05) is 30.3 Å². The van der Waals surface area contributed by atoms with Crippen LogP contribution < -0.4 is 5.32 Å². The molecule has 1 aliphatic rings. The van der Waals surface area contributed by atoms with Crippen molar-refractivity contribution in [3.8, 4) is 11.5 Å². The van der Waals surface area contributed by atoms with Gasteiger partial charge in [0.1, 0.15) is 10.0 Å². The summed E-state index contributed by atoms with van der Waals surface area (Å²) in [5.41, 5.74) is 1.42. The summed E-state index contributed by atoms with van der Waals surface area (Å²) in [5, 5.41) is 13.0. The maximum Gasteiger partial charge on any atom is 0.289 e. The van der Waals surface area contributed by atoms with Gasteiger partial charge >= 0.3 is 0 Å². The maximum atomic E-state index is 12.3. The van der Waals surface area contributed by atoms with Crippen LogP contribution in [0, 0.1) is 6.92 Å². The zero-order valence-electron chi connectivity index (χ0n) is 13.2. The fourth-order valence-corrected chi connectivity index (χ4v) is 3.33. The molecule has 1 aromatic carbocycles. The van der Waals surface area contributed by atoms with E-state index in [0.717, 1.165) is 15.6 Å². The average molecular weight is 340 g/mol. The van der Waals surface area contributed by atoms with Crippen LogP contribution in [0.25, 0.3) is 11.5 Å². The fraction of sp³-hybridized carbons (Fsp3) is 0.294. The summed E-state index contributed by atoms with van der Waals surface area (Å²) in [4.78, 5) is 16.7. The topological polar surface area (TPSA) is 80.9 Å². The van der Waals surface area contributed by atoms with Gasteiger partial charge in [0.15, 0.2) is 0 Å². The van der Waals surface area contributed by atoms with Crippen LogP contribution >= 0.6 is 11.3 Å². The number of nitrogens with zero attached hydrogens (tertiary/aromatic N) is 3. The molecule has 1 amide bonds. The lowest BCUT2D eigenvalue weighted by Gasteiger charge is -2.00. The summed E-state index contributed by atoms with van der Waals surface area (Å²) in [5.74, 6) is 0.980. The summed E-state index contributed by atoms with van der Waals surface area (Å²) in [6.07, 6.45) is 2.39. The van der Waals surface area contributed by atoms with Crippen LogP contribution in [0.1, 0.15) is 45.0 Å². The van der Waals surface area contributed by atoms with Crippen molar-refractivity contribution in [3.05, 3.63) is 51.8 Å². The molecule has 2 heterocycles. The van der Waals surface area contributed by atoms with Gasteiger partial charge in [-0.15, -0.1) is 10.2 Å². The molecule has 0 aliphatic heterocycles. The highest BCUT2D eigenvalue weighted by Crippen LogP contribution is 2.41. The zero-order chi connectivity index (χ0) is 16.5. The SMILES string of the molecule is Cc1nc(-c2ccccc2)oc1C(=O)NCc1nnc(C2CC2)s1. The summed E-state index contributed by atoms with van der Waals surface area (Å²) in [6, 6.07) is 9.52. The number of amides is 1. The third kappa shape index (κ3) is 3.07. The summed E-state index contributed by atoms with van der Waals surface area (Å²) >= 11 is 1.56. The molecular weight excluding hydrogens is 324 g/mol. The molecule has 0 bridgehead atoms. The number of benzene rings is 1. The van der Waals surface area contributed by atoms with Crippen LogP contribution in [0.2, 0.25) is 0 Å². The van der Waals surface area contributed by atoms with E-state index in [1.54, 1.807) is 18.3 Å². The largest absolute Gasteiger partial charge is 0.431 e. The van der Waals surface area contributed by atoms with Gasteiger partial charge in [-0.05, 0) is 31.9 Å². The summed E-state index contributed by atoms with van der Waals surface area (Å²) < 4.78 is 5.65. The molecule has 1 saturated carbocycles. The van der Waals surface area contributed by atoms with E-state index >= 15 is 0 Å². The number of rotatable bonds is 5. The normalized spacial score (nSPS) is 13.9. The summed E-state index contributed by atoms with van der Waals surface area (Å²) in [7, 11) is 0. The van der Waals surface area contributed by atoms with Gasteiger partial charge in [0.2, 0.25) is 11.7 Å². The number of aryl methyl sites for hydroxylation is 1. The number of hydrogen-bond donors (Lipinski definition) is 1. The Morgan fingerprint density at radius 1 is 1.29 bits per heavy atom. The molecule has 1 aliphatic carbocycles. The Kier molecular flexibility index (Phi) is 3.86. The minimum atomic E-state index is -0.287. The Morgan fingerprint density at radius 3 is 2.83 bits per heavy atom. The number of carbonyl (C=O) groups excluding carboxylic acids is 1. The Hall–Kier alpha value is -2.54. The lowest BCUT2D eigenvalue weighted by Crippen LogP contribution is -2.23. The van der Waals surface area contributed by atoms with Crippen molar-refractivity contribution < 1.29 is 9.21 Å². The highest BCUT2D eigenvalue weighted by Gasteiger charge is 2.27. The standard InChI is InChI=1S/C17H16N4O2S/c1-10-14(23-16(19-10)11-5-3-2-4-6-11)15(22)18-9-13-20-21-17(24-13)12-7-8-12/h2-6,12H,7-9H2,1H3,(H,18,22). The van der Waals surface area contributed by atoms with E-state index in [2.05, 4.69) is 20.5 Å². The van der Waals surface area contributed by atoms with Crippen molar-refractivity contribution >= 4 is 17.2 Å². The lowest BCUT2D eigenvalue weighted by atomic mass is 10.2. The Morgan fingerprint density at radius 2 is 2.08 bits per heavy atom. The second-order valence-corrected chi connectivity index (χ2v) is 6.88. The van der Waals surface area contributed by atoms with Crippen LogP contribution in [0.15, 0.2) is 34.7 Å². The van der Waals surface area contributed by atoms with E-state index in [-0.39, 0.29) is 11.7 Å². The van der Waals surface area contributed by atoms with E-state index in [4.69, 9.17) is 4.42 Å². The summed E-state index contributed by atoms with van der Waals surface area (Å²) in [6.45, 7) is 2.12. The quantitative estimate of drug-likeness (QED) is 0.770. The van der Waals surface area contributed by atoms with Gasteiger partial charge in [-0.25, -0.2) is 4.98 Å². The molecular formula is C17H16N4O2S. The molecule has 0 spiro atoms. The number of oxazole rings is 1. The molecule has 7 heteroatoms. The number of nitrogens with one attached hydrogen (secondary N) is 1. The van der Waals surface area contributed by atoms with Crippen LogP contribution in [0.4, 0.5) is 0 Å². The second-order valence-electron chi connectivity index (χ2n) is 5.79. The lowest BCUT2D eigenvalue weighted by molar-refractivity contribution is 0.0923. The van der Waals surface area contributed by atoms with E-state index in [0.29, 0.717) is 24.0 Å². The first-order valence-electron chi connectivity index (χ1n) is 7.84. The maximum absolute atomic E-state index is 12.3. The Bertz CT molecular complexity index is 868. The third-order valence-electron chi connectivity index (χ3n) is 3.83. The van der Waals surface area contributed by atoms with E-state index in [9.17, 15) is 4.79 Å². The van der Waals surface area contributed by atoms with Crippen molar-refractivity contribution in [3.63, 3.8) is 0 Å². The first-order chi connectivity index (χ1) is 11.7. The smallest absolute Gasteiger partial charge is 0.289 e. The fourth-order valence-electron chi connectivity index (χ4n) is 2.38. The molecule has 0 saturated heterocycles. The van der Waals surface area contributed by atoms with Gasteiger partial charge in [0.05, 0.1) is 12.2 Å². The highest BCUT2D eigenvalue weighted by molar-refractivity contribution is 7.11. The van der Waals surface area contributed by atoms with Crippen molar-refractivity contribution in [2.45, 2.75) is 32.2 Å². The molecule has 2 aromatic heterocycles. The predicted molar refractivity (Wildman–Crippen MR) is 89.7 cm³/mol. The molecule has 0 unspecified atom stereocenters. The van der Waals surface area contributed by atoms with Gasteiger partial charge in [-0.2, -0.15) is 0 Å². The van der Waals surface area contributed by atoms with E-state index < -0.39 is 0 Å². The minimum absolute atomic E-state index is 0.237. The van der Waals surface area contributed by atoms with E-state index in [1.165, 1.54) is 12.8 Å². The number of aromatic nitrogens is 3. The molecule has 122 valence electrons. The molecule has 3 aromatic rings. The van der Waals surface area contributed by atoms with Crippen molar-refractivity contribution in [2.75, 3.05) is 0 Å². The first kappa shape index (κ1) is 15.0. The van der Waals surface area contributed by atoms with Gasteiger partial charge in [0.25, 0.3) is 5.91 Å². The first-order valence-corrected chi connectivity index (χ1v) is 8.65. The third-order valence-corrected chi connectivity index (χ3v) is 4.92. The minimum Gasteiger partial charge on any atom is -0.431 e. The Balaban J connectivity index is 1.45. The second kappa shape index (κ2) is 6.16. The molecule has 6 nitrogen and oxygen atoms in total. The van der Waals surface area contributed by atoms with Gasteiger partial charge < -0.3 is 9.73 Å². The zero-order valence-corrected chi connectivity index (χ0v) is 14.0. The Labute approximate surface area is 143 Å². The molecule has 1 fully saturated rings. The van der Waals surface area contributed by atoms with Crippen LogP contribution in [-0.2, 0) is 6.54 Å². The van der Waals surface area contributed by atoms with Crippen molar-refractivity contribution in [2.24, 2.45) is 0 Å². The van der Waals surface area contributed by atoms with Crippen molar-refractivity contribution in [1.29, 1.82) is 0 Å². The van der Waals surface area contributed by atoms with Gasteiger partial charge in [-0.1, -0.05) is 29.5 Å². The molecule has 1 N–H and O–H groups in total.